The van der Waals surface area contributed by atoms with Crippen LogP contribution in [0.25, 0.3) is 0 Å². The number of fused-ring (bicyclic) bond motifs is 3. The molecule has 7 heteroatoms. The van der Waals surface area contributed by atoms with E-state index in [4.69, 9.17) is 27.9 Å². The molecule has 2 heterocycles. The molecule has 2 aromatic carbocycles. The van der Waals surface area contributed by atoms with Crippen LogP contribution in [0.5, 0.6) is 5.75 Å². The molecule has 24 heavy (non-hydrogen) atoms. The Morgan fingerprint density at radius 2 is 2.00 bits per heavy atom. The van der Waals surface area contributed by atoms with Gasteiger partial charge < -0.3 is 4.74 Å². The van der Waals surface area contributed by atoms with E-state index in [-0.39, 0.29) is 16.7 Å². The maximum absolute atomic E-state index is 12.9. The molecule has 122 valence electrons. The van der Waals surface area contributed by atoms with E-state index in [0.29, 0.717) is 17.9 Å². The monoisotopic (exact) mass is 379 g/mol. The molecule has 2 aliphatic heterocycles. The molecule has 2 aliphatic rings. The Morgan fingerprint density at radius 1 is 1.21 bits per heavy atom. The van der Waals surface area contributed by atoms with E-state index in [1.165, 1.54) is 17.8 Å². The Kier molecular flexibility index (Phi) is 3.75. The van der Waals surface area contributed by atoms with Crippen molar-refractivity contribution in [3.8, 4) is 5.75 Å². The molecule has 0 bridgehead atoms. The molecule has 0 radical (unpaired) electrons. The third-order valence-electron chi connectivity index (χ3n) is 4.09. The smallest absolute Gasteiger partial charge is 0.348 e. The van der Waals surface area contributed by atoms with Crippen molar-refractivity contribution in [1.29, 1.82) is 0 Å². The molecule has 1 unspecified atom stereocenters. The standard InChI is InChI=1S/C17H11Cl2NO3S/c18-10-5-6-13(11(19)9-10)23-16(22)17-8-7-15(21)20(17)12-3-1-2-4-14(12)24-17/h1-6,9H,7-8H2. The van der Waals surface area contributed by atoms with Crippen molar-refractivity contribution in [3.63, 3.8) is 0 Å². The molecular weight excluding hydrogens is 369 g/mol. The second kappa shape index (κ2) is 5.69. The van der Waals surface area contributed by atoms with E-state index < -0.39 is 10.8 Å². The number of anilines is 1. The van der Waals surface area contributed by atoms with Gasteiger partial charge >= 0.3 is 5.97 Å². The number of carbonyl (C=O) groups is 2. The van der Waals surface area contributed by atoms with Crippen molar-refractivity contribution >= 4 is 52.5 Å². The quantitative estimate of drug-likeness (QED) is 0.568. The van der Waals surface area contributed by atoms with Crippen LogP contribution < -0.4 is 9.64 Å². The van der Waals surface area contributed by atoms with E-state index in [9.17, 15) is 9.59 Å². The van der Waals surface area contributed by atoms with E-state index >= 15 is 0 Å². The number of nitrogens with zero attached hydrogens (tertiary/aromatic N) is 1. The minimum Gasteiger partial charge on any atom is -0.423 e. The van der Waals surface area contributed by atoms with Gasteiger partial charge in [-0.1, -0.05) is 47.1 Å². The van der Waals surface area contributed by atoms with Crippen molar-refractivity contribution in [3.05, 3.63) is 52.5 Å². The van der Waals surface area contributed by atoms with Gasteiger partial charge in [-0.05, 0) is 30.3 Å². The van der Waals surface area contributed by atoms with Crippen molar-refractivity contribution in [1.82, 2.24) is 0 Å². The number of hydrogen-bond donors (Lipinski definition) is 0. The molecule has 4 rings (SSSR count). The molecule has 0 aliphatic carbocycles. The SMILES string of the molecule is O=C1CCC2(C(=O)Oc3ccc(Cl)cc3Cl)Sc3ccccc3N12. The van der Waals surface area contributed by atoms with Gasteiger partial charge in [0.05, 0.1) is 10.7 Å². The first-order valence-electron chi connectivity index (χ1n) is 7.30. The minimum absolute atomic E-state index is 0.0772. The summed E-state index contributed by atoms with van der Waals surface area (Å²) in [4.78, 5) is 26.7. The number of ether oxygens (including phenoxy) is 1. The van der Waals surface area contributed by atoms with Gasteiger partial charge in [-0.15, -0.1) is 0 Å². The molecule has 1 atom stereocenters. The summed E-state index contributed by atoms with van der Waals surface area (Å²) in [5.74, 6) is -0.346. The van der Waals surface area contributed by atoms with Crippen LogP contribution in [0, 0.1) is 0 Å². The van der Waals surface area contributed by atoms with Gasteiger partial charge in [0.25, 0.3) is 0 Å². The van der Waals surface area contributed by atoms with E-state index in [0.717, 1.165) is 10.6 Å². The summed E-state index contributed by atoms with van der Waals surface area (Å²) in [6.45, 7) is 0. The van der Waals surface area contributed by atoms with Crippen LogP contribution in [0.1, 0.15) is 12.8 Å². The van der Waals surface area contributed by atoms with Gasteiger partial charge in [0.1, 0.15) is 5.75 Å². The van der Waals surface area contributed by atoms with Crippen LogP contribution in [0.4, 0.5) is 5.69 Å². The second-order valence-electron chi connectivity index (χ2n) is 5.55. The number of thioether (sulfide) groups is 1. The van der Waals surface area contributed by atoms with E-state index in [1.54, 1.807) is 17.0 Å². The van der Waals surface area contributed by atoms with Gasteiger partial charge in [-0.2, -0.15) is 0 Å². The lowest BCUT2D eigenvalue weighted by Gasteiger charge is -2.28. The maximum Gasteiger partial charge on any atom is 0.348 e. The highest BCUT2D eigenvalue weighted by Crippen LogP contribution is 2.56. The average Bonchev–Trinajstić information content (AvgIpc) is 3.06. The maximum atomic E-state index is 12.9. The van der Waals surface area contributed by atoms with Crippen LogP contribution in [0.2, 0.25) is 10.0 Å². The lowest BCUT2D eigenvalue weighted by Crippen LogP contribution is -2.48. The Bertz CT molecular complexity index is 873. The predicted molar refractivity (Wildman–Crippen MR) is 93.8 cm³/mol. The van der Waals surface area contributed by atoms with Crippen LogP contribution in [0.3, 0.4) is 0 Å². The zero-order valence-corrected chi connectivity index (χ0v) is 14.6. The molecular formula is C17H11Cl2NO3S. The van der Waals surface area contributed by atoms with Gasteiger partial charge in [0.15, 0.2) is 4.87 Å². The zero-order chi connectivity index (χ0) is 16.9. The number of amides is 1. The Labute approximate surface area is 152 Å². The number of carbonyl (C=O) groups excluding carboxylic acids is 2. The summed E-state index contributed by atoms with van der Waals surface area (Å²) in [6.07, 6.45) is 0.708. The zero-order valence-electron chi connectivity index (χ0n) is 12.3. The third kappa shape index (κ3) is 2.31. The number of para-hydroxylation sites is 1. The first kappa shape index (κ1) is 15.8. The molecule has 0 N–H and O–H groups in total. The summed E-state index contributed by atoms with van der Waals surface area (Å²) in [7, 11) is 0. The summed E-state index contributed by atoms with van der Waals surface area (Å²) >= 11 is 13.3. The molecule has 1 saturated heterocycles. The fourth-order valence-corrected chi connectivity index (χ4v) is 4.85. The van der Waals surface area contributed by atoms with E-state index in [2.05, 4.69) is 0 Å². The van der Waals surface area contributed by atoms with Crippen LogP contribution in [-0.2, 0) is 9.59 Å². The highest BCUT2D eigenvalue weighted by Gasteiger charge is 2.58. The molecule has 0 saturated carbocycles. The number of halogens is 2. The number of benzene rings is 2. The highest BCUT2D eigenvalue weighted by atomic mass is 35.5. The molecule has 4 nitrogen and oxygen atoms in total. The summed E-state index contributed by atoms with van der Waals surface area (Å²) in [5.41, 5.74) is 0.754. The first-order chi connectivity index (χ1) is 11.5. The van der Waals surface area contributed by atoms with Crippen LogP contribution in [0.15, 0.2) is 47.4 Å². The highest BCUT2D eigenvalue weighted by molar-refractivity contribution is 8.02. The molecule has 0 spiro atoms. The number of rotatable bonds is 2. The minimum atomic E-state index is -1.07. The van der Waals surface area contributed by atoms with Gasteiger partial charge in [-0.3, -0.25) is 9.69 Å². The topological polar surface area (TPSA) is 46.6 Å². The van der Waals surface area contributed by atoms with Crippen molar-refractivity contribution in [2.24, 2.45) is 0 Å². The Morgan fingerprint density at radius 3 is 2.79 bits per heavy atom. The normalized spacial score (nSPS) is 21.6. The Hall–Kier alpha value is -1.69. The summed E-state index contributed by atoms with van der Waals surface area (Å²) < 4.78 is 5.52. The van der Waals surface area contributed by atoms with Gasteiger partial charge in [-0.25, -0.2) is 4.79 Å². The number of esters is 1. The van der Waals surface area contributed by atoms with Gasteiger partial charge in [0.2, 0.25) is 5.91 Å². The molecule has 1 amide bonds. The Balaban J connectivity index is 1.70. The molecule has 2 aromatic rings. The summed E-state index contributed by atoms with van der Waals surface area (Å²) in [5, 5.41) is 0.710. The van der Waals surface area contributed by atoms with Crippen molar-refractivity contribution < 1.29 is 14.3 Å². The van der Waals surface area contributed by atoms with Gasteiger partial charge in [0, 0.05) is 22.8 Å². The molecule has 1 fully saturated rings. The number of hydrogen-bond acceptors (Lipinski definition) is 4. The first-order valence-corrected chi connectivity index (χ1v) is 8.87. The lowest BCUT2D eigenvalue weighted by atomic mass is 10.2. The van der Waals surface area contributed by atoms with Crippen LogP contribution in [-0.4, -0.2) is 16.7 Å². The van der Waals surface area contributed by atoms with Crippen molar-refractivity contribution in [2.75, 3.05) is 4.90 Å². The largest absolute Gasteiger partial charge is 0.423 e. The van der Waals surface area contributed by atoms with E-state index in [1.807, 2.05) is 24.3 Å². The fourth-order valence-electron chi connectivity index (χ4n) is 3.01. The summed E-state index contributed by atoms with van der Waals surface area (Å²) in [6, 6.07) is 12.1. The fraction of sp³-hybridized carbons (Fsp3) is 0.176. The predicted octanol–water partition coefficient (Wildman–Crippen LogP) is 4.53. The van der Waals surface area contributed by atoms with Crippen LogP contribution >= 0.6 is 35.0 Å². The molecule has 0 aromatic heterocycles. The van der Waals surface area contributed by atoms with Crippen molar-refractivity contribution in [2.45, 2.75) is 22.6 Å². The lowest BCUT2D eigenvalue weighted by molar-refractivity contribution is -0.137. The third-order valence-corrected chi connectivity index (χ3v) is 6.08. The average molecular weight is 380 g/mol. The second-order valence-corrected chi connectivity index (χ2v) is 7.71.